The van der Waals surface area contributed by atoms with E-state index in [0.29, 0.717) is 6.61 Å². The number of ether oxygens (including phenoxy) is 1. The van der Waals surface area contributed by atoms with Crippen molar-refractivity contribution in [1.82, 2.24) is 10.2 Å². The summed E-state index contributed by atoms with van der Waals surface area (Å²) in [7, 11) is 1.71. The zero-order chi connectivity index (χ0) is 14.3. The van der Waals surface area contributed by atoms with Crippen LogP contribution < -0.4 is 5.32 Å². The van der Waals surface area contributed by atoms with Gasteiger partial charge in [-0.25, -0.2) is 0 Å². The van der Waals surface area contributed by atoms with Crippen molar-refractivity contribution in [2.24, 2.45) is 0 Å². The minimum Gasteiger partial charge on any atom is -0.383 e. The monoisotopic (exact) mass is 270 g/mol. The molecule has 1 amide bonds. The normalized spacial score (nSPS) is 25.1. The fraction of sp³-hybridized carbons (Fsp3) is 0.933. The van der Waals surface area contributed by atoms with Crippen molar-refractivity contribution in [2.45, 2.75) is 77.5 Å². The molecule has 1 rings (SSSR count). The second-order valence-electron chi connectivity index (χ2n) is 5.43. The number of carbonyl (C=O) groups is 1. The summed E-state index contributed by atoms with van der Waals surface area (Å²) in [4.78, 5) is 14.6. The Morgan fingerprint density at radius 2 is 2.05 bits per heavy atom. The molecular weight excluding hydrogens is 240 g/mol. The maximum Gasteiger partial charge on any atom is 0.241 e. The average Bonchev–Trinajstić information content (AvgIpc) is 2.72. The molecule has 1 aliphatic heterocycles. The molecule has 1 N–H and O–H groups in total. The Bertz CT molecular complexity index is 265. The molecular formula is C15H30N2O2. The smallest absolute Gasteiger partial charge is 0.241 e. The predicted octanol–water partition coefficient (Wildman–Crippen LogP) is 2.53. The highest BCUT2D eigenvalue weighted by Gasteiger charge is 2.40. The van der Waals surface area contributed by atoms with E-state index in [1.54, 1.807) is 7.11 Å². The Balaban J connectivity index is 2.74. The molecule has 19 heavy (non-hydrogen) atoms. The number of nitrogens with zero attached hydrogens (tertiary/aromatic N) is 1. The quantitative estimate of drug-likeness (QED) is 0.700. The molecule has 4 heteroatoms. The molecule has 0 radical (unpaired) electrons. The molecule has 112 valence electrons. The molecule has 0 aromatic rings. The fourth-order valence-corrected chi connectivity index (χ4v) is 2.91. The largest absolute Gasteiger partial charge is 0.383 e. The van der Waals surface area contributed by atoms with Crippen molar-refractivity contribution in [3.8, 4) is 0 Å². The summed E-state index contributed by atoms with van der Waals surface area (Å²) in [6.07, 6.45) is 6.43. The zero-order valence-electron chi connectivity index (χ0n) is 12.9. The summed E-state index contributed by atoms with van der Waals surface area (Å²) >= 11 is 0. The third-order valence-corrected chi connectivity index (χ3v) is 3.89. The lowest BCUT2D eigenvalue weighted by molar-refractivity contribution is -0.133. The van der Waals surface area contributed by atoms with Gasteiger partial charge in [-0.05, 0) is 19.3 Å². The molecule has 3 atom stereocenters. The topological polar surface area (TPSA) is 41.6 Å². The van der Waals surface area contributed by atoms with E-state index in [0.717, 1.165) is 38.5 Å². The third-order valence-electron chi connectivity index (χ3n) is 3.89. The van der Waals surface area contributed by atoms with Gasteiger partial charge in [-0.15, -0.1) is 0 Å². The molecule has 0 aromatic carbocycles. The van der Waals surface area contributed by atoms with Gasteiger partial charge in [0.2, 0.25) is 5.91 Å². The van der Waals surface area contributed by atoms with E-state index in [9.17, 15) is 4.79 Å². The van der Waals surface area contributed by atoms with Gasteiger partial charge in [0.1, 0.15) is 0 Å². The van der Waals surface area contributed by atoms with E-state index in [2.05, 4.69) is 26.1 Å². The van der Waals surface area contributed by atoms with Crippen molar-refractivity contribution in [3.63, 3.8) is 0 Å². The van der Waals surface area contributed by atoms with Crippen LogP contribution in [-0.4, -0.2) is 42.8 Å². The van der Waals surface area contributed by atoms with Gasteiger partial charge in [0.05, 0.1) is 24.9 Å². The lowest BCUT2D eigenvalue weighted by atomic mass is 10.1. The first-order valence-electron chi connectivity index (χ1n) is 7.76. The van der Waals surface area contributed by atoms with E-state index < -0.39 is 0 Å². The molecule has 3 unspecified atom stereocenters. The van der Waals surface area contributed by atoms with Gasteiger partial charge >= 0.3 is 0 Å². The summed E-state index contributed by atoms with van der Waals surface area (Å²) in [5.41, 5.74) is 0. The molecule has 1 fully saturated rings. The number of hydrogen-bond acceptors (Lipinski definition) is 3. The van der Waals surface area contributed by atoms with Crippen molar-refractivity contribution >= 4 is 5.91 Å². The van der Waals surface area contributed by atoms with Gasteiger partial charge in [0.25, 0.3) is 0 Å². The number of nitrogens with one attached hydrogen (secondary N) is 1. The van der Waals surface area contributed by atoms with Gasteiger partial charge < -0.3 is 9.64 Å². The SMILES string of the molecule is CCCCC1NC(CC)N(C(CCC)COC)C1=O. The number of unbranched alkanes of at least 4 members (excludes halogenated alkanes) is 1. The van der Waals surface area contributed by atoms with Crippen LogP contribution in [0.3, 0.4) is 0 Å². The minimum absolute atomic E-state index is 0.0149. The Morgan fingerprint density at radius 1 is 1.32 bits per heavy atom. The van der Waals surface area contributed by atoms with Crippen molar-refractivity contribution in [1.29, 1.82) is 0 Å². The lowest BCUT2D eigenvalue weighted by Gasteiger charge is -2.31. The molecule has 0 aromatic heterocycles. The highest BCUT2D eigenvalue weighted by atomic mass is 16.5. The van der Waals surface area contributed by atoms with E-state index in [-0.39, 0.29) is 24.2 Å². The molecule has 1 saturated heterocycles. The summed E-state index contributed by atoms with van der Waals surface area (Å²) in [6.45, 7) is 7.10. The van der Waals surface area contributed by atoms with E-state index >= 15 is 0 Å². The maximum absolute atomic E-state index is 12.6. The van der Waals surface area contributed by atoms with Crippen LogP contribution in [0.5, 0.6) is 0 Å². The first-order valence-corrected chi connectivity index (χ1v) is 7.76. The van der Waals surface area contributed by atoms with Gasteiger partial charge in [-0.1, -0.05) is 40.0 Å². The molecule has 0 spiro atoms. The third kappa shape index (κ3) is 4.18. The maximum atomic E-state index is 12.6. The molecule has 1 heterocycles. The minimum atomic E-state index is 0.0149. The van der Waals surface area contributed by atoms with E-state index in [4.69, 9.17) is 4.74 Å². The second kappa shape index (κ2) is 8.54. The summed E-state index contributed by atoms with van der Waals surface area (Å²) in [6, 6.07) is 0.229. The van der Waals surface area contributed by atoms with Crippen LogP contribution in [0.15, 0.2) is 0 Å². The molecule has 0 bridgehead atoms. The highest BCUT2D eigenvalue weighted by molar-refractivity contribution is 5.84. The van der Waals surface area contributed by atoms with Crippen LogP contribution in [0.4, 0.5) is 0 Å². The van der Waals surface area contributed by atoms with Gasteiger partial charge in [0, 0.05) is 7.11 Å². The first kappa shape index (κ1) is 16.4. The van der Waals surface area contributed by atoms with Crippen LogP contribution in [0.25, 0.3) is 0 Å². The zero-order valence-corrected chi connectivity index (χ0v) is 12.9. The summed E-state index contributed by atoms with van der Waals surface area (Å²) in [5.74, 6) is 0.274. The van der Waals surface area contributed by atoms with Crippen LogP contribution in [-0.2, 0) is 9.53 Å². The van der Waals surface area contributed by atoms with Crippen molar-refractivity contribution in [3.05, 3.63) is 0 Å². The van der Waals surface area contributed by atoms with Crippen LogP contribution in [0.2, 0.25) is 0 Å². The van der Waals surface area contributed by atoms with Crippen molar-refractivity contribution in [2.75, 3.05) is 13.7 Å². The number of hydrogen-bond donors (Lipinski definition) is 1. The fourth-order valence-electron chi connectivity index (χ4n) is 2.91. The standard InChI is InChI=1S/C15H30N2O2/c1-5-8-10-13-15(18)17(14(7-3)16-13)12(9-6-2)11-19-4/h12-14,16H,5-11H2,1-4H3. The predicted molar refractivity (Wildman–Crippen MR) is 77.9 cm³/mol. The number of carbonyl (C=O) groups excluding carboxylic acids is 1. The van der Waals surface area contributed by atoms with Gasteiger partial charge in [0.15, 0.2) is 0 Å². The Hall–Kier alpha value is -0.610. The van der Waals surface area contributed by atoms with Crippen molar-refractivity contribution < 1.29 is 9.53 Å². The van der Waals surface area contributed by atoms with Crippen LogP contribution in [0, 0.1) is 0 Å². The second-order valence-corrected chi connectivity index (χ2v) is 5.43. The van der Waals surface area contributed by atoms with E-state index in [1.807, 2.05) is 4.90 Å². The lowest BCUT2D eigenvalue weighted by Crippen LogP contribution is -2.46. The van der Waals surface area contributed by atoms with Crippen LogP contribution in [0.1, 0.15) is 59.3 Å². The molecule has 1 aliphatic rings. The van der Waals surface area contributed by atoms with E-state index in [1.165, 1.54) is 0 Å². The Kier molecular flexibility index (Phi) is 7.39. The Labute approximate surface area is 117 Å². The highest BCUT2D eigenvalue weighted by Crippen LogP contribution is 2.22. The summed E-state index contributed by atoms with van der Waals surface area (Å²) < 4.78 is 5.30. The Morgan fingerprint density at radius 3 is 2.58 bits per heavy atom. The number of rotatable bonds is 9. The molecule has 0 aliphatic carbocycles. The summed E-state index contributed by atoms with van der Waals surface area (Å²) in [5, 5.41) is 3.49. The molecule has 0 saturated carbocycles. The van der Waals surface area contributed by atoms with Gasteiger partial charge in [-0.3, -0.25) is 10.1 Å². The number of methoxy groups -OCH3 is 1. The average molecular weight is 270 g/mol. The van der Waals surface area contributed by atoms with Gasteiger partial charge in [-0.2, -0.15) is 0 Å². The first-order chi connectivity index (χ1) is 9.19. The molecule has 4 nitrogen and oxygen atoms in total. The number of amides is 1. The van der Waals surface area contributed by atoms with Crippen LogP contribution >= 0.6 is 0 Å².